The summed E-state index contributed by atoms with van der Waals surface area (Å²) in [6.45, 7) is 9.43. The topological polar surface area (TPSA) is 93.9 Å². The summed E-state index contributed by atoms with van der Waals surface area (Å²) in [5.41, 5.74) is 6.72. The number of amides is 3. The molecule has 0 bridgehead atoms. The molecular formula is C19H30BrN3O4. The Hall–Kier alpha value is -1.80. The molecule has 0 unspecified atom stereocenters. The molecule has 7 nitrogen and oxygen atoms in total. The number of benzene rings is 1. The second-order valence-corrected chi connectivity index (χ2v) is 7.82. The van der Waals surface area contributed by atoms with Gasteiger partial charge in [0.15, 0.2) is 0 Å². The lowest BCUT2D eigenvalue weighted by Gasteiger charge is -2.20. The molecule has 1 aromatic rings. The number of urea groups is 1. The average molecular weight is 444 g/mol. The summed E-state index contributed by atoms with van der Waals surface area (Å²) in [4.78, 5) is 24.8. The van der Waals surface area contributed by atoms with Crippen LogP contribution in [0.1, 0.15) is 39.7 Å². The number of nitrogens with one attached hydrogen (secondary N) is 1. The number of carbonyl (C=O) groups excluding carboxylic acids is 2. The molecular weight excluding hydrogens is 414 g/mol. The third-order valence-corrected chi connectivity index (χ3v) is 4.36. The largest absolute Gasteiger partial charge is 0.492 e. The Bertz CT molecular complexity index is 632. The average Bonchev–Trinajstić information content (AvgIpc) is 2.59. The summed E-state index contributed by atoms with van der Waals surface area (Å²) in [5, 5.41) is 2.68. The van der Waals surface area contributed by atoms with Crippen LogP contribution in [0.2, 0.25) is 0 Å². The highest BCUT2D eigenvalue weighted by Crippen LogP contribution is 2.31. The van der Waals surface area contributed by atoms with Crippen LogP contribution < -0.4 is 15.8 Å². The van der Waals surface area contributed by atoms with Gasteiger partial charge in [0.25, 0.3) is 0 Å². The monoisotopic (exact) mass is 443 g/mol. The Morgan fingerprint density at radius 1 is 1.30 bits per heavy atom. The number of imide groups is 1. The molecule has 0 aliphatic rings. The molecule has 3 amide bonds. The lowest BCUT2D eigenvalue weighted by Crippen LogP contribution is -2.46. The zero-order chi connectivity index (χ0) is 20.4. The molecule has 0 radical (unpaired) electrons. The predicted molar refractivity (Wildman–Crippen MR) is 109 cm³/mol. The maximum atomic E-state index is 12.1. The fourth-order valence-corrected chi connectivity index (χ4v) is 2.73. The highest BCUT2D eigenvalue weighted by Gasteiger charge is 2.21. The minimum atomic E-state index is -0.695. The maximum Gasteiger partial charge on any atom is 0.418 e. The van der Waals surface area contributed by atoms with Crippen LogP contribution in [-0.4, -0.2) is 49.9 Å². The number of nitrogens with two attached hydrogens (primary N) is 1. The van der Waals surface area contributed by atoms with Crippen LogP contribution in [0.5, 0.6) is 5.75 Å². The summed E-state index contributed by atoms with van der Waals surface area (Å²) in [6.07, 6.45) is -0.0991. The molecule has 0 saturated carbocycles. The molecule has 1 rings (SSSR count). The Balaban J connectivity index is 2.43. The standard InChI is InChI=1S/C19H30BrN3O4/c1-5-26-18(25)23(11-9-21)17(24)22-10-6-12-27-16-8-7-14(13-15(16)20)19(2,3)4/h7-8,13H,5-6,9-12,21H2,1-4H3,(H,22,24). The van der Waals surface area contributed by atoms with Gasteiger partial charge in [0, 0.05) is 19.6 Å². The van der Waals surface area contributed by atoms with Gasteiger partial charge in [-0.1, -0.05) is 26.8 Å². The molecule has 0 heterocycles. The quantitative estimate of drug-likeness (QED) is 0.597. The van der Waals surface area contributed by atoms with E-state index in [0.29, 0.717) is 19.6 Å². The molecule has 27 heavy (non-hydrogen) atoms. The fraction of sp³-hybridized carbons (Fsp3) is 0.579. The van der Waals surface area contributed by atoms with Gasteiger partial charge in [0.2, 0.25) is 0 Å². The van der Waals surface area contributed by atoms with Crippen LogP contribution in [0, 0.1) is 0 Å². The van der Waals surface area contributed by atoms with Gasteiger partial charge in [-0.3, -0.25) is 0 Å². The van der Waals surface area contributed by atoms with E-state index in [1.807, 2.05) is 12.1 Å². The molecule has 0 aliphatic carbocycles. The third kappa shape index (κ3) is 7.76. The van der Waals surface area contributed by atoms with E-state index in [-0.39, 0.29) is 25.1 Å². The molecule has 0 atom stereocenters. The van der Waals surface area contributed by atoms with Crippen LogP contribution in [0.25, 0.3) is 0 Å². The number of hydrogen-bond donors (Lipinski definition) is 2. The van der Waals surface area contributed by atoms with Crippen molar-refractivity contribution >= 4 is 28.1 Å². The number of hydrogen-bond acceptors (Lipinski definition) is 5. The number of carbonyl (C=O) groups is 2. The van der Waals surface area contributed by atoms with Gasteiger partial charge in [-0.15, -0.1) is 0 Å². The van der Waals surface area contributed by atoms with Crippen LogP contribution in [0.4, 0.5) is 9.59 Å². The molecule has 0 spiro atoms. The van der Waals surface area contributed by atoms with Crippen molar-refractivity contribution in [1.29, 1.82) is 0 Å². The lowest BCUT2D eigenvalue weighted by molar-refractivity contribution is 0.115. The Kier molecular flexibility index (Phi) is 9.59. The van der Waals surface area contributed by atoms with Crippen molar-refractivity contribution in [3.63, 3.8) is 0 Å². The van der Waals surface area contributed by atoms with Gasteiger partial charge in [-0.05, 0) is 52.4 Å². The third-order valence-electron chi connectivity index (χ3n) is 3.74. The predicted octanol–water partition coefficient (Wildman–Crippen LogP) is 3.64. The van der Waals surface area contributed by atoms with Crippen molar-refractivity contribution in [3.8, 4) is 5.75 Å². The van der Waals surface area contributed by atoms with Gasteiger partial charge < -0.3 is 20.5 Å². The first kappa shape index (κ1) is 23.2. The molecule has 3 N–H and O–H groups in total. The highest BCUT2D eigenvalue weighted by atomic mass is 79.9. The van der Waals surface area contributed by atoms with E-state index in [9.17, 15) is 9.59 Å². The number of rotatable bonds is 8. The zero-order valence-electron chi connectivity index (χ0n) is 16.5. The smallest absolute Gasteiger partial charge is 0.418 e. The van der Waals surface area contributed by atoms with E-state index in [4.69, 9.17) is 15.2 Å². The zero-order valence-corrected chi connectivity index (χ0v) is 18.1. The molecule has 152 valence electrons. The second-order valence-electron chi connectivity index (χ2n) is 6.97. The van der Waals surface area contributed by atoms with E-state index in [0.717, 1.165) is 15.1 Å². The van der Waals surface area contributed by atoms with Crippen molar-refractivity contribution in [1.82, 2.24) is 10.2 Å². The van der Waals surface area contributed by atoms with E-state index in [1.165, 1.54) is 5.56 Å². The van der Waals surface area contributed by atoms with E-state index in [1.54, 1.807) is 6.92 Å². The van der Waals surface area contributed by atoms with Crippen LogP contribution in [0.3, 0.4) is 0 Å². The summed E-state index contributed by atoms with van der Waals surface area (Å²) < 4.78 is 11.5. The van der Waals surface area contributed by atoms with Crippen LogP contribution in [0.15, 0.2) is 22.7 Å². The first-order chi connectivity index (χ1) is 12.7. The number of halogens is 1. The summed E-state index contributed by atoms with van der Waals surface area (Å²) in [6, 6.07) is 5.52. The Morgan fingerprint density at radius 3 is 2.56 bits per heavy atom. The number of nitrogens with zero attached hydrogens (tertiary/aromatic N) is 1. The van der Waals surface area contributed by atoms with Crippen LogP contribution in [-0.2, 0) is 10.2 Å². The molecule has 0 aromatic heterocycles. The molecule has 1 aromatic carbocycles. The van der Waals surface area contributed by atoms with Crippen molar-refractivity contribution in [3.05, 3.63) is 28.2 Å². The molecule has 0 aliphatic heterocycles. The highest BCUT2D eigenvalue weighted by molar-refractivity contribution is 9.10. The van der Waals surface area contributed by atoms with Gasteiger partial charge in [-0.25, -0.2) is 14.5 Å². The summed E-state index contributed by atoms with van der Waals surface area (Å²) in [7, 11) is 0. The van der Waals surface area contributed by atoms with E-state index in [2.05, 4.69) is 48.1 Å². The van der Waals surface area contributed by atoms with Crippen molar-refractivity contribution in [2.45, 2.75) is 39.5 Å². The van der Waals surface area contributed by atoms with Gasteiger partial charge in [0.1, 0.15) is 5.75 Å². The van der Waals surface area contributed by atoms with E-state index < -0.39 is 12.1 Å². The van der Waals surface area contributed by atoms with Crippen LogP contribution >= 0.6 is 15.9 Å². The summed E-state index contributed by atoms with van der Waals surface area (Å²) in [5.74, 6) is 0.755. The SMILES string of the molecule is CCOC(=O)N(CCN)C(=O)NCCCOc1ccc(C(C)(C)C)cc1Br. The van der Waals surface area contributed by atoms with Gasteiger partial charge in [0.05, 0.1) is 17.7 Å². The normalized spacial score (nSPS) is 11.0. The van der Waals surface area contributed by atoms with Crippen molar-refractivity contribution < 1.29 is 19.1 Å². The molecule has 0 saturated heterocycles. The minimum absolute atomic E-state index is 0.0691. The second kappa shape index (κ2) is 11.1. The molecule has 8 heteroatoms. The first-order valence-electron chi connectivity index (χ1n) is 9.05. The Morgan fingerprint density at radius 2 is 2.00 bits per heavy atom. The fourth-order valence-electron chi connectivity index (χ4n) is 2.24. The van der Waals surface area contributed by atoms with Crippen molar-refractivity contribution in [2.24, 2.45) is 5.73 Å². The first-order valence-corrected chi connectivity index (χ1v) is 9.85. The van der Waals surface area contributed by atoms with Gasteiger partial charge >= 0.3 is 12.1 Å². The summed E-state index contributed by atoms with van der Waals surface area (Å²) >= 11 is 3.53. The molecule has 0 fully saturated rings. The minimum Gasteiger partial charge on any atom is -0.492 e. The Labute approximate surface area is 169 Å². The lowest BCUT2D eigenvalue weighted by atomic mass is 9.87. The van der Waals surface area contributed by atoms with E-state index >= 15 is 0 Å². The maximum absolute atomic E-state index is 12.1. The number of ether oxygens (including phenoxy) is 2. The van der Waals surface area contributed by atoms with Crippen molar-refractivity contribution in [2.75, 3.05) is 32.8 Å². The van der Waals surface area contributed by atoms with Gasteiger partial charge in [-0.2, -0.15) is 0 Å².